The average Bonchev–Trinajstić information content (AvgIpc) is 2.96. The zero-order valence-electron chi connectivity index (χ0n) is 21.6. The molecule has 0 saturated heterocycles. The van der Waals surface area contributed by atoms with E-state index < -0.39 is 6.10 Å². The maximum absolute atomic E-state index is 11.2. The van der Waals surface area contributed by atoms with Crippen LogP contribution in [0.25, 0.3) is 0 Å². The van der Waals surface area contributed by atoms with Gasteiger partial charge in [0.25, 0.3) is 0 Å². The summed E-state index contributed by atoms with van der Waals surface area (Å²) in [6.07, 6.45) is 0.257. The molecule has 0 aromatic heterocycles. The van der Waals surface area contributed by atoms with E-state index in [9.17, 15) is 5.11 Å². The van der Waals surface area contributed by atoms with E-state index in [1.165, 1.54) is 11.1 Å². The first-order chi connectivity index (χ1) is 18.1. The Balaban J connectivity index is 1.43. The summed E-state index contributed by atoms with van der Waals surface area (Å²) < 4.78 is 11.3. The van der Waals surface area contributed by atoms with E-state index in [1.54, 1.807) is 7.11 Å². The number of ether oxygens (including phenoxy) is 2. The fourth-order valence-electron chi connectivity index (χ4n) is 4.32. The van der Waals surface area contributed by atoms with Crippen LogP contribution in [0.5, 0.6) is 11.5 Å². The third-order valence-corrected chi connectivity index (χ3v) is 6.45. The second kappa shape index (κ2) is 13.5. The van der Waals surface area contributed by atoms with Gasteiger partial charge in [0.05, 0.1) is 18.9 Å². The quantitative estimate of drug-likeness (QED) is 0.234. The zero-order chi connectivity index (χ0) is 25.9. The van der Waals surface area contributed by atoms with Crippen LogP contribution < -0.4 is 14.8 Å². The molecule has 0 bridgehead atoms. The zero-order valence-corrected chi connectivity index (χ0v) is 21.6. The van der Waals surface area contributed by atoms with Crippen LogP contribution in [-0.4, -0.2) is 37.3 Å². The summed E-state index contributed by atoms with van der Waals surface area (Å²) in [7, 11) is 3.55. The van der Waals surface area contributed by atoms with Gasteiger partial charge in [0.15, 0.2) is 0 Å². The summed E-state index contributed by atoms with van der Waals surface area (Å²) in [5.41, 5.74) is 5.30. The molecule has 192 valence electrons. The molecule has 0 aliphatic carbocycles. The number of aliphatic hydroxyl groups excluding tert-OH is 1. The van der Waals surface area contributed by atoms with Crippen molar-refractivity contribution in [3.05, 3.63) is 125 Å². The van der Waals surface area contributed by atoms with Crippen LogP contribution in [0.4, 0.5) is 5.69 Å². The molecule has 4 aromatic rings. The van der Waals surface area contributed by atoms with Crippen LogP contribution in [0.2, 0.25) is 0 Å². The Bertz CT molecular complexity index is 1210. The lowest BCUT2D eigenvalue weighted by Crippen LogP contribution is -2.30. The van der Waals surface area contributed by atoms with Gasteiger partial charge in [0, 0.05) is 26.7 Å². The van der Waals surface area contributed by atoms with Crippen LogP contribution in [-0.2, 0) is 19.6 Å². The monoisotopic (exact) mass is 496 g/mol. The van der Waals surface area contributed by atoms with E-state index in [4.69, 9.17) is 9.47 Å². The van der Waals surface area contributed by atoms with Gasteiger partial charge in [-0.2, -0.15) is 0 Å². The fourth-order valence-corrected chi connectivity index (χ4v) is 4.32. The molecule has 1 atom stereocenters. The highest BCUT2D eigenvalue weighted by Gasteiger charge is 2.16. The first kappa shape index (κ1) is 26.3. The third-order valence-electron chi connectivity index (χ3n) is 6.45. The number of benzene rings is 4. The summed E-state index contributed by atoms with van der Waals surface area (Å²) in [5, 5.41) is 14.4. The van der Waals surface area contributed by atoms with Crippen molar-refractivity contribution in [1.29, 1.82) is 0 Å². The van der Waals surface area contributed by atoms with Gasteiger partial charge in [0.1, 0.15) is 18.1 Å². The van der Waals surface area contributed by atoms with Crippen molar-refractivity contribution in [1.82, 2.24) is 4.90 Å². The number of nitrogens with zero attached hydrogens (tertiary/aromatic N) is 1. The Morgan fingerprint density at radius 2 is 1.49 bits per heavy atom. The van der Waals surface area contributed by atoms with Gasteiger partial charge in [-0.1, -0.05) is 78.9 Å². The predicted molar refractivity (Wildman–Crippen MR) is 150 cm³/mol. The van der Waals surface area contributed by atoms with Crippen LogP contribution in [0.3, 0.4) is 0 Å². The Morgan fingerprint density at radius 1 is 0.811 bits per heavy atom. The molecular weight excluding hydrogens is 460 g/mol. The summed E-state index contributed by atoms with van der Waals surface area (Å²) in [6.45, 7) is 2.62. The van der Waals surface area contributed by atoms with E-state index in [0.29, 0.717) is 13.2 Å². The van der Waals surface area contributed by atoms with Gasteiger partial charge < -0.3 is 19.9 Å². The molecule has 37 heavy (non-hydrogen) atoms. The molecule has 0 amide bonds. The van der Waals surface area contributed by atoms with Crippen LogP contribution in [0, 0.1) is 0 Å². The van der Waals surface area contributed by atoms with Crippen molar-refractivity contribution in [3.63, 3.8) is 0 Å². The van der Waals surface area contributed by atoms with E-state index in [-0.39, 0.29) is 0 Å². The molecule has 0 spiro atoms. The van der Waals surface area contributed by atoms with E-state index in [2.05, 4.69) is 46.6 Å². The molecule has 0 aliphatic heterocycles. The molecule has 2 N–H and O–H groups in total. The topological polar surface area (TPSA) is 54.0 Å². The number of methoxy groups -OCH3 is 1. The molecule has 0 aliphatic rings. The van der Waals surface area contributed by atoms with E-state index in [1.807, 2.05) is 73.8 Å². The minimum Gasteiger partial charge on any atom is -0.497 e. The molecule has 0 heterocycles. The number of rotatable bonds is 13. The summed E-state index contributed by atoms with van der Waals surface area (Å²) in [4.78, 5) is 2.31. The minimum absolute atomic E-state index is 0.494. The summed E-state index contributed by atoms with van der Waals surface area (Å²) in [5.74, 6) is 1.62. The van der Waals surface area contributed by atoms with E-state index in [0.717, 1.165) is 47.8 Å². The molecule has 0 fully saturated rings. The Morgan fingerprint density at radius 3 is 2.14 bits per heavy atom. The van der Waals surface area contributed by atoms with Gasteiger partial charge in [-0.3, -0.25) is 4.90 Å². The standard InChI is InChI=1S/C32H36N2O3/c1-33-30-21-28(15-18-32(30)37-24-27-11-7-4-8-12-27)31(35)23-34(22-26-9-5-3-6-10-26)20-19-25-13-16-29(36-2)17-14-25/h3-18,21,31,33,35H,19-20,22-24H2,1-2H3. The first-order valence-corrected chi connectivity index (χ1v) is 12.7. The second-order valence-electron chi connectivity index (χ2n) is 9.11. The highest BCUT2D eigenvalue weighted by atomic mass is 16.5. The molecule has 1 unspecified atom stereocenters. The van der Waals surface area contributed by atoms with Crippen molar-refractivity contribution in [2.45, 2.75) is 25.7 Å². The highest BCUT2D eigenvalue weighted by Crippen LogP contribution is 2.29. The molecule has 5 heteroatoms. The average molecular weight is 497 g/mol. The lowest BCUT2D eigenvalue weighted by atomic mass is 10.1. The van der Waals surface area contributed by atoms with Gasteiger partial charge >= 0.3 is 0 Å². The van der Waals surface area contributed by atoms with E-state index >= 15 is 0 Å². The maximum Gasteiger partial charge on any atom is 0.142 e. The number of hydrogen-bond acceptors (Lipinski definition) is 5. The lowest BCUT2D eigenvalue weighted by Gasteiger charge is -2.26. The second-order valence-corrected chi connectivity index (χ2v) is 9.11. The molecule has 4 aromatic carbocycles. The van der Waals surface area contributed by atoms with Crippen LogP contribution in [0.1, 0.15) is 28.4 Å². The Kier molecular flexibility index (Phi) is 9.58. The van der Waals surface area contributed by atoms with Crippen LogP contribution in [0.15, 0.2) is 103 Å². The normalized spacial score (nSPS) is 11.8. The molecule has 0 radical (unpaired) electrons. The van der Waals surface area contributed by atoms with Gasteiger partial charge in [-0.05, 0) is 52.9 Å². The Labute approximate surface area is 220 Å². The smallest absolute Gasteiger partial charge is 0.142 e. The number of aliphatic hydroxyl groups is 1. The third kappa shape index (κ3) is 7.84. The number of hydrogen-bond donors (Lipinski definition) is 2. The molecule has 0 saturated carbocycles. The van der Waals surface area contributed by atoms with Gasteiger partial charge in [-0.25, -0.2) is 0 Å². The highest BCUT2D eigenvalue weighted by molar-refractivity contribution is 5.58. The maximum atomic E-state index is 11.2. The van der Waals surface area contributed by atoms with Gasteiger partial charge in [-0.15, -0.1) is 0 Å². The summed E-state index contributed by atoms with van der Waals surface area (Å²) in [6, 6.07) is 34.6. The molecule has 4 rings (SSSR count). The number of nitrogens with one attached hydrogen (secondary N) is 1. The van der Waals surface area contributed by atoms with Crippen molar-refractivity contribution in [2.75, 3.05) is 32.6 Å². The largest absolute Gasteiger partial charge is 0.497 e. The minimum atomic E-state index is -0.630. The molecular formula is C32H36N2O3. The van der Waals surface area contributed by atoms with Crippen molar-refractivity contribution in [3.8, 4) is 11.5 Å². The van der Waals surface area contributed by atoms with Crippen molar-refractivity contribution in [2.24, 2.45) is 0 Å². The van der Waals surface area contributed by atoms with Crippen LogP contribution >= 0.6 is 0 Å². The number of anilines is 1. The summed E-state index contributed by atoms with van der Waals surface area (Å²) >= 11 is 0. The SMILES string of the molecule is CNc1cc(C(O)CN(CCc2ccc(OC)cc2)Cc2ccccc2)ccc1OCc1ccccc1. The Hall–Kier alpha value is -3.80. The predicted octanol–water partition coefficient (Wildman–Crippen LogP) is 6.09. The van der Waals surface area contributed by atoms with Crippen molar-refractivity contribution < 1.29 is 14.6 Å². The fraction of sp³-hybridized carbons (Fsp3) is 0.250. The van der Waals surface area contributed by atoms with Crippen molar-refractivity contribution >= 4 is 5.69 Å². The molecule has 5 nitrogen and oxygen atoms in total. The lowest BCUT2D eigenvalue weighted by molar-refractivity contribution is 0.109. The van der Waals surface area contributed by atoms with Gasteiger partial charge in [0.2, 0.25) is 0 Å². The first-order valence-electron chi connectivity index (χ1n) is 12.7.